The molecule has 0 bridgehead atoms. The molecule has 0 amide bonds. The van der Waals surface area contributed by atoms with Crippen molar-refractivity contribution in [3.63, 3.8) is 0 Å². The summed E-state index contributed by atoms with van der Waals surface area (Å²) in [6, 6.07) is 3.84. The Bertz CT molecular complexity index is 411. The first-order valence-electron chi connectivity index (χ1n) is 6.91. The van der Waals surface area contributed by atoms with Crippen molar-refractivity contribution >= 4 is 31.9 Å². The number of halogens is 2. The maximum absolute atomic E-state index is 9.20. The fourth-order valence-corrected chi connectivity index (χ4v) is 4.23. The lowest BCUT2D eigenvalue weighted by molar-refractivity contribution is 0.0888. The Morgan fingerprint density at radius 3 is 2.42 bits per heavy atom. The number of rotatable bonds is 4. The monoisotopic (exact) mass is 390 g/mol. The van der Waals surface area contributed by atoms with Crippen LogP contribution < -0.4 is 4.74 Å². The lowest BCUT2D eigenvalue weighted by atomic mass is 9.85. The Kier molecular flexibility index (Phi) is 5.72. The molecule has 1 fully saturated rings. The molecule has 106 valence electrons. The summed E-state index contributed by atoms with van der Waals surface area (Å²) in [6.07, 6.45) is 6.47. The molecule has 1 aromatic carbocycles. The first kappa shape index (κ1) is 15.3. The van der Waals surface area contributed by atoms with Gasteiger partial charge in [0.1, 0.15) is 11.9 Å². The standard InChI is InChI=1S/C15H20Br2O2/c1-2-11-5-3-4-6-14(11)19-15-12(16)7-10(9-18)8-13(15)17/h7-8,11,14,18H,2-6,9H2,1H3. The molecule has 1 saturated carbocycles. The van der Waals surface area contributed by atoms with Gasteiger partial charge < -0.3 is 9.84 Å². The van der Waals surface area contributed by atoms with E-state index in [4.69, 9.17) is 4.74 Å². The molecular formula is C15H20Br2O2. The fourth-order valence-electron chi connectivity index (χ4n) is 2.76. The van der Waals surface area contributed by atoms with Gasteiger partial charge in [0, 0.05) is 0 Å². The van der Waals surface area contributed by atoms with Crippen LogP contribution in [0.15, 0.2) is 21.1 Å². The minimum Gasteiger partial charge on any atom is -0.488 e. The van der Waals surface area contributed by atoms with Gasteiger partial charge in [0.05, 0.1) is 15.6 Å². The lowest BCUT2D eigenvalue weighted by Gasteiger charge is -2.32. The van der Waals surface area contributed by atoms with Crippen LogP contribution in [0.4, 0.5) is 0 Å². The summed E-state index contributed by atoms with van der Waals surface area (Å²) in [5, 5.41) is 9.20. The van der Waals surface area contributed by atoms with Crippen molar-refractivity contribution in [2.24, 2.45) is 5.92 Å². The Hall–Kier alpha value is -0.0600. The molecule has 1 aliphatic rings. The van der Waals surface area contributed by atoms with Crippen molar-refractivity contribution in [2.45, 2.75) is 51.7 Å². The Morgan fingerprint density at radius 2 is 1.84 bits per heavy atom. The molecule has 2 nitrogen and oxygen atoms in total. The van der Waals surface area contributed by atoms with Gasteiger partial charge in [-0.25, -0.2) is 0 Å². The number of hydrogen-bond acceptors (Lipinski definition) is 2. The molecule has 0 saturated heterocycles. The van der Waals surface area contributed by atoms with Crippen LogP contribution in [0.25, 0.3) is 0 Å². The topological polar surface area (TPSA) is 29.5 Å². The largest absolute Gasteiger partial charge is 0.488 e. The minimum absolute atomic E-state index is 0.0402. The van der Waals surface area contributed by atoms with E-state index in [0.717, 1.165) is 26.7 Å². The number of benzene rings is 1. The second-order valence-electron chi connectivity index (χ2n) is 5.16. The molecule has 2 unspecified atom stereocenters. The molecule has 0 aromatic heterocycles. The zero-order valence-corrected chi connectivity index (χ0v) is 14.3. The number of aliphatic hydroxyl groups excluding tert-OH is 1. The molecule has 2 rings (SSSR count). The van der Waals surface area contributed by atoms with E-state index < -0.39 is 0 Å². The van der Waals surface area contributed by atoms with Crippen LogP contribution >= 0.6 is 31.9 Å². The predicted octanol–water partition coefficient (Wildman–Crippen LogP) is 5.05. The molecule has 1 aromatic rings. The summed E-state index contributed by atoms with van der Waals surface area (Å²) in [5.74, 6) is 1.52. The van der Waals surface area contributed by atoms with Crippen LogP contribution in [0, 0.1) is 5.92 Å². The Balaban J connectivity index is 2.18. The number of aliphatic hydroxyl groups is 1. The lowest BCUT2D eigenvalue weighted by Crippen LogP contribution is -2.30. The van der Waals surface area contributed by atoms with Gasteiger partial charge in [0.15, 0.2) is 0 Å². The molecule has 0 aliphatic heterocycles. The van der Waals surface area contributed by atoms with Crippen molar-refractivity contribution in [2.75, 3.05) is 0 Å². The van der Waals surface area contributed by atoms with E-state index in [1.165, 1.54) is 25.7 Å². The van der Waals surface area contributed by atoms with Crippen LogP contribution in [0.3, 0.4) is 0 Å². The molecule has 1 N–H and O–H groups in total. The molecule has 1 aliphatic carbocycles. The SMILES string of the molecule is CCC1CCCCC1Oc1c(Br)cc(CO)cc1Br. The molecule has 0 heterocycles. The highest BCUT2D eigenvalue weighted by molar-refractivity contribution is 9.11. The summed E-state index contributed by atoms with van der Waals surface area (Å²) in [7, 11) is 0. The third-order valence-corrected chi connectivity index (χ3v) is 5.05. The first-order valence-corrected chi connectivity index (χ1v) is 8.49. The highest BCUT2D eigenvalue weighted by Gasteiger charge is 2.26. The molecule has 19 heavy (non-hydrogen) atoms. The van der Waals surface area contributed by atoms with Crippen LogP contribution in [-0.2, 0) is 6.61 Å². The van der Waals surface area contributed by atoms with Gasteiger partial charge in [-0.1, -0.05) is 13.3 Å². The molecular weight excluding hydrogens is 372 g/mol. The van der Waals surface area contributed by atoms with Crippen LogP contribution in [0.2, 0.25) is 0 Å². The average molecular weight is 392 g/mol. The van der Waals surface area contributed by atoms with E-state index >= 15 is 0 Å². The summed E-state index contributed by atoms with van der Waals surface area (Å²) in [5.41, 5.74) is 0.877. The van der Waals surface area contributed by atoms with Crippen molar-refractivity contribution in [3.05, 3.63) is 26.6 Å². The molecule has 0 spiro atoms. The van der Waals surface area contributed by atoms with Crippen molar-refractivity contribution in [3.8, 4) is 5.75 Å². The van der Waals surface area contributed by atoms with E-state index in [-0.39, 0.29) is 6.61 Å². The van der Waals surface area contributed by atoms with Gasteiger partial charge in [-0.3, -0.25) is 0 Å². The third-order valence-electron chi connectivity index (χ3n) is 3.87. The van der Waals surface area contributed by atoms with E-state index in [1.54, 1.807) is 0 Å². The quantitative estimate of drug-likeness (QED) is 0.777. The Labute approximate surface area is 131 Å². The van der Waals surface area contributed by atoms with Crippen molar-refractivity contribution in [1.29, 1.82) is 0 Å². The van der Waals surface area contributed by atoms with Crippen LogP contribution in [0.5, 0.6) is 5.75 Å². The van der Waals surface area contributed by atoms with Crippen molar-refractivity contribution in [1.82, 2.24) is 0 Å². The van der Waals surface area contributed by atoms with Crippen LogP contribution in [0.1, 0.15) is 44.6 Å². The maximum atomic E-state index is 9.20. The van der Waals surface area contributed by atoms with E-state index in [9.17, 15) is 5.11 Å². The average Bonchev–Trinajstić information content (AvgIpc) is 2.43. The third kappa shape index (κ3) is 3.73. The first-order chi connectivity index (χ1) is 9.15. The van der Waals surface area contributed by atoms with Gasteiger partial charge in [-0.15, -0.1) is 0 Å². The zero-order chi connectivity index (χ0) is 13.8. The summed E-state index contributed by atoms with van der Waals surface area (Å²) >= 11 is 7.08. The van der Waals surface area contributed by atoms with E-state index in [0.29, 0.717) is 12.0 Å². The number of hydrogen-bond donors (Lipinski definition) is 1. The highest BCUT2D eigenvalue weighted by atomic mass is 79.9. The van der Waals surface area contributed by atoms with Gasteiger partial charge in [-0.2, -0.15) is 0 Å². The fraction of sp³-hybridized carbons (Fsp3) is 0.600. The molecule has 4 heteroatoms. The zero-order valence-electron chi connectivity index (χ0n) is 11.2. The second kappa shape index (κ2) is 7.09. The van der Waals surface area contributed by atoms with Crippen LogP contribution in [-0.4, -0.2) is 11.2 Å². The van der Waals surface area contributed by atoms with Gasteiger partial charge >= 0.3 is 0 Å². The second-order valence-corrected chi connectivity index (χ2v) is 6.86. The Morgan fingerprint density at radius 1 is 1.21 bits per heavy atom. The minimum atomic E-state index is 0.0402. The van der Waals surface area contributed by atoms with Gasteiger partial charge in [0.25, 0.3) is 0 Å². The van der Waals surface area contributed by atoms with Crippen molar-refractivity contribution < 1.29 is 9.84 Å². The van der Waals surface area contributed by atoms with Gasteiger partial charge in [0.2, 0.25) is 0 Å². The summed E-state index contributed by atoms with van der Waals surface area (Å²) < 4.78 is 8.06. The van der Waals surface area contributed by atoms with E-state index in [2.05, 4.69) is 38.8 Å². The number of ether oxygens (including phenoxy) is 1. The molecule has 0 radical (unpaired) electrons. The molecule has 2 atom stereocenters. The highest BCUT2D eigenvalue weighted by Crippen LogP contribution is 2.38. The predicted molar refractivity (Wildman–Crippen MR) is 84.4 cm³/mol. The van der Waals surface area contributed by atoms with E-state index in [1.807, 2.05) is 12.1 Å². The normalized spacial score (nSPS) is 23.4. The van der Waals surface area contributed by atoms with Gasteiger partial charge in [-0.05, 0) is 81.2 Å². The summed E-state index contributed by atoms with van der Waals surface area (Å²) in [6.45, 7) is 2.28. The smallest absolute Gasteiger partial charge is 0.148 e. The maximum Gasteiger partial charge on any atom is 0.148 e. The summed E-state index contributed by atoms with van der Waals surface area (Å²) in [4.78, 5) is 0.